The second kappa shape index (κ2) is 6.97. The van der Waals surface area contributed by atoms with Gasteiger partial charge in [0.25, 0.3) is 0 Å². The molecule has 0 aliphatic rings. The molecule has 0 fully saturated rings. The smallest absolute Gasteiger partial charge is 0.219 e. The van der Waals surface area contributed by atoms with Crippen LogP contribution in [0.4, 0.5) is 0 Å². The van der Waals surface area contributed by atoms with Gasteiger partial charge in [0, 0.05) is 39.0 Å². The van der Waals surface area contributed by atoms with Crippen LogP contribution >= 0.6 is 0 Å². The monoisotopic (exact) mass is 259 g/mol. The SMILES string of the molecule is [B]N/C([C-]=O)=C\c1ccccc1C.[Y]. The minimum atomic E-state index is 0. The van der Waals surface area contributed by atoms with Crippen LogP contribution in [0.15, 0.2) is 30.0 Å². The number of carbonyl (C=O) groups excluding carboxylic acids is 1. The molecule has 1 N–H and O–H groups in total. The van der Waals surface area contributed by atoms with E-state index in [1.807, 2.05) is 31.2 Å². The van der Waals surface area contributed by atoms with E-state index in [0.717, 1.165) is 11.1 Å². The molecule has 0 aliphatic carbocycles. The molecule has 0 amide bonds. The number of rotatable bonds is 3. The van der Waals surface area contributed by atoms with Crippen molar-refractivity contribution in [2.45, 2.75) is 6.92 Å². The number of nitrogens with one attached hydrogen (secondary N) is 1. The van der Waals surface area contributed by atoms with E-state index in [4.69, 9.17) is 7.98 Å². The van der Waals surface area contributed by atoms with Crippen LogP contribution in [0.25, 0.3) is 6.08 Å². The van der Waals surface area contributed by atoms with Gasteiger partial charge in [0.15, 0.2) is 0 Å². The summed E-state index contributed by atoms with van der Waals surface area (Å²) < 4.78 is 0. The third kappa shape index (κ3) is 3.77. The molecule has 3 radical (unpaired) electrons. The average Bonchev–Trinajstić information content (AvgIpc) is 2.17. The predicted octanol–water partition coefficient (Wildman–Crippen LogP) is 1.12. The molecule has 0 spiro atoms. The average molecular weight is 259 g/mol. The molecular weight excluding hydrogens is 250 g/mol. The largest absolute Gasteiger partial charge is 0.465 e. The molecule has 0 unspecified atom stereocenters. The van der Waals surface area contributed by atoms with Crippen molar-refractivity contribution in [3.05, 3.63) is 41.1 Å². The van der Waals surface area contributed by atoms with Gasteiger partial charge < -0.3 is 10.0 Å². The molecule has 0 saturated heterocycles. The van der Waals surface area contributed by atoms with Crippen LogP contribution in [-0.4, -0.2) is 14.3 Å². The molecule has 67 valence electrons. The van der Waals surface area contributed by atoms with Crippen molar-refractivity contribution in [2.24, 2.45) is 0 Å². The third-order valence-electron chi connectivity index (χ3n) is 1.75. The standard InChI is InChI=1S/C10H9BNO.Y/c1-8-4-2-3-5-9(8)6-10(7-13)12-11;/h2-6,12H,1H3;/q-1;/b10-6-;. The Bertz CT molecular complexity index is 339. The summed E-state index contributed by atoms with van der Waals surface area (Å²) in [7, 11) is 5.10. The zero-order valence-corrected chi connectivity index (χ0v) is 10.8. The van der Waals surface area contributed by atoms with Crippen LogP contribution in [0, 0.1) is 6.92 Å². The molecule has 0 saturated carbocycles. The number of benzene rings is 1. The van der Waals surface area contributed by atoms with E-state index < -0.39 is 0 Å². The van der Waals surface area contributed by atoms with Crippen LogP contribution in [0.5, 0.6) is 0 Å². The van der Waals surface area contributed by atoms with Gasteiger partial charge in [0.1, 0.15) is 0 Å². The Morgan fingerprint density at radius 3 is 2.64 bits per heavy atom. The van der Waals surface area contributed by atoms with Gasteiger partial charge in [-0.3, -0.25) is 0 Å². The first kappa shape index (κ1) is 13.6. The fourth-order valence-corrected chi connectivity index (χ4v) is 1.00. The Hall–Kier alpha value is -0.401. The summed E-state index contributed by atoms with van der Waals surface area (Å²) in [6, 6.07) is 7.71. The van der Waals surface area contributed by atoms with E-state index in [-0.39, 0.29) is 38.4 Å². The Morgan fingerprint density at radius 2 is 2.14 bits per heavy atom. The summed E-state index contributed by atoms with van der Waals surface area (Å²) in [5.41, 5.74) is 2.29. The number of hydrogen-bond acceptors (Lipinski definition) is 2. The minimum Gasteiger partial charge on any atom is -0.465 e. The molecule has 0 atom stereocenters. The van der Waals surface area contributed by atoms with Gasteiger partial charge in [-0.25, -0.2) is 0 Å². The Morgan fingerprint density at radius 1 is 1.50 bits per heavy atom. The van der Waals surface area contributed by atoms with Gasteiger partial charge in [0.2, 0.25) is 7.98 Å². The Balaban J connectivity index is 0.00000169. The van der Waals surface area contributed by atoms with Crippen molar-refractivity contribution >= 4 is 20.3 Å². The first-order valence-electron chi connectivity index (χ1n) is 3.90. The summed E-state index contributed by atoms with van der Waals surface area (Å²) in [5.74, 6) is 0. The van der Waals surface area contributed by atoms with E-state index in [0.29, 0.717) is 0 Å². The molecule has 0 aromatic heterocycles. The zero-order valence-electron chi connectivity index (χ0n) is 7.95. The molecule has 0 heterocycles. The number of allylic oxidation sites excluding steroid dienone is 1. The van der Waals surface area contributed by atoms with Crippen molar-refractivity contribution in [3.63, 3.8) is 0 Å². The van der Waals surface area contributed by atoms with Crippen molar-refractivity contribution < 1.29 is 37.5 Å². The van der Waals surface area contributed by atoms with Gasteiger partial charge in [-0.05, 0) is 6.92 Å². The second-order valence-corrected chi connectivity index (χ2v) is 2.66. The van der Waals surface area contributed by atoms with Gasteiger partial charge in [0.05, 0.1) is 0 Å². The Labute approximate surface area is 110 Å². The molecular formula is C10H9BNOY-. The predicted molar refractivity (Wildman–Crippen MR) is 53.7 cm³/mol. The minimum absolute atomic E-state index is 0. The van der Waals surface area contributed by atoms with Crippen LogP contribution < -0.4 is 5.23 Å². The fourth-order valence-electron chi connectivity index (χ4n) is 1.00. The van der Waals surface area contributed by atoms with Crippen molar-refractivity contribution in [2.75, 3.05) is 0 Å². The quantitative estimate of drug-likeness (QED) is 0.500. The third-order valence-corrected chi connectivity index (χ3v) is 1.75. The molecule has 1 rings (SSSR count). The summed E-state index contributed by atoms with van der Waals surface area (Å²) in [5, 5.41) is 2.26. The van der Waals surface area contributed by atoms with Gasteiger partial charge in [-0.15, -0.1) is 11.3 Å². The molecule has 4 heteroatoms. The summed E-state index contributed by atoms with van der Waals surface area (Å²) in [6.07, 6.45) is 3.36. The maximum Gasteiger partial charge on any atom is 0.219 e. The molecule has 0 bridgehead atoms. The topological polar surface area (TPSA) is 29.1 Å². The number of aryl methyl sites for hydroxylation is 1. The van der Waals surface area contributed by atoms with Gasteiger partial charge >= 0.3 is 0 Å². The normalized spacial score (nSPS) is 10.2. The Kier molecular flexibility index (Phi) is 6.77. The van der Waals surface area contributed by atoms with Crippen molar-refractivity contribution in [3.8, 4) is 0 Å². The van der Waals surface area contributed by atoms with E-state index in [2.05, 4.69) is 5.23 Å². The van der Waals surface area contributed by atoms with E-state index >= 15 is 0 Å². The second-order valence-electron chi connectivity index (χ2n) is 2.66. The van der Waals surface area contributed by atoms with Gasteiger partial charge in [-0.2, -0.15) is 6.08 Å². The maximum atomic E-state index is 10.3. The summed E-state index contributed by atoms with van der Waals surface area (Å²) >= 11 is 0. The van der Waals surface area contributed by atoms with Crippen LogP contribution in [0.3, 0.4) is 0 Å². The van der Waals surface area contributed by atoms with Crippen molar-refractivity contribution in [1.82, 2.24) is 5.23 Å². The summed E-state index contributed by atoms with van der Waals surface area (Å²) in [4.78, 5) is 10.3. The zero-order chi connectivity index (χ0) is 9.68. The molecule has 1 aromatic carbocycles. The molecule has 1 aromatic rings. The van der Waals surface area contributed by atoms with Gasteiger partial charge in [-0.1, -0.05) is 29.8 Å². The van der Waals surface area contributed by atoms with Crippen LogP contribution in [0.1, 0.15) is 11.1 Å². The molecule has 2 nitrogen and oxygen atoms in total. The maximum absolute atomic E-state index is 10.3. The number of hydrogen-bond donors (Lipinski definition) is 1. The first-order valence-corrected chi connectivity index (χ1v) is 3.90. The van der Waals surface area contributed by atoms with E-state index in [9.17, 15) is 4.79 Å². The van der Waals surface area contributed by atoms with Crippen LogP contribution in [-0.2, 0) is 37.5 Å². The molecule has 0 aliphatic heterocycles. The van der Waals surface area contributed by atoms with Crippen LogP contribution in [0.2, 0.25) is 0 Å². The summed E-state index contributed by atoms with van der Waals surface area (Å²) in [6.45, 7) is 1.96. The fraction of sp³-hybridized carbons (Fsp3) is 0.100. The van der Waals surface area contributed by atoms with E-state index in [1.165, 1.54) is 0 Å². The molecule has 14 heavy (non-hydrogen) atoms. The van der Waals surface area contributed by atoms with E-state index in [1.54, 1.807) is 12.4 Å². The first-order chi connectivity index (χ1) is 6.27. The van der Waals surface area contributed by atoms with Crippen molar-refractivity contribution in [1.29, 1.82) is 0 Å².